The molecule has 3 N–H and O–H groups in total. The predicted molar refractivity (Wildman–Crippen MR) is 60.6 cm³/mol. The molecule has 0 amide bonds. The SMILES string of the molecule is COc1ccc(F)c(OC)c1C1(N)CC(O)C1. The van der Waals surface area contributed by atoms with E-state index >= 15 is 0 Å². The Hall–Kier alpha value is -1.33. The molecule has 17 heavy (non-hydrogen) atoms. The molecule has 0 atom stereocenters. The molecule has 4 nitrogen and oxygen atoms in total. The van der Waals surface area contributed by atoms with Gasteiger partial charge in [-0.25, -0.2) is 4.39 Å². The maximum Gasteiger partial charge on any atom is 0.165 e. The van der Waals surface area contributed by atoms with E-state index in [-0.39, 0.29) is 5.75 Å². The summed E-state index contributed by atoms with van der Waals surface area (Å²) in [5.74, 6) is 0.103. The van der Waals surface area contributed by atoms with Crippen molar-refractivity contribution in [3.63, 3.8) is 0 Å². The molecule has 5 heteroatoms. The van der Waals surface area contributed by atoms with Crippen LogP contribution in [0.15, 0.2) is 12.1 Å². The first-order valence-corrected chi connectivity index (χ1v) is 5.39. The van der Waals surface area contributed by atoms with Crippen molar-refractivity contribution in [2.45, 2.75) is 24.5 Å². The minimum atomic E-state index is -0.780. The number of methoxy groups -OCH3 is 2. The van der Waals surface area contributed by atoms with E-state index < -0.39 is 17.5 Å². The fourth-order valence-corrected chi connectivity index (χ4v) is 2.37. The highest BCUT2D eigenvalue weighted by Gasteiger charge is 2.45. The maximum atomic E-state index is 13.7. The number of ether oxygens (including phenoxy) is 2. The highest BCUT2D eigenvalue weighted by molar-refractivity contribution is 5.51. The third-order valence-electron chi connectivity index (χ3n) is 3.19. The van der Waals surface area contributed by atoms with Crippen molar-refractivity contribution in [2.75, 3.05) is 14.2 Å². The second-order valence-electron chi connectivity index (χ2n) is 4.38. The largest absolute Gasteiger partial charge is 0.496 e. The molecule has 0 heterocycles. The summed E-state index contributed by atoms with van der Waals surface area (Å²) in [7, 11) is 2.88. The Morgan fingerprint density at radius 1 is 1.35 bits per heavy atom. The summed E-state index contributed by atoms with van der Waals surface area (Å²) in [5.41, 5.74) is 5.86. The van der Waals surface area contributed by atoms with Crippen LogP contribution in [0, 0.1) is 5.82 Å². The number of rotatable bonds is 3. The number of aliphatic hydroxyl groups excluding tert-OH is 1. The van der Waals surface area contributed by atoms with Crippen LogP contribution < -0.4 is 15.2 Å². The van der Waals surface area contributed by atoms with Crippen LogP contribution in [0.25, 0.3) is 0 Å². The zero-order chi connectivity index (χ0) is 12.6. The van der Waals surface area contributed by atoms with E-state index in [1.165, 1.54) is 26.4 Å². The van der Waals surface area contributed by atoms with Gasteiger partial charge in [0, 0.05) is 0 Å². The van der Waals surface area contributed by atoms with Crippen molar-refractivity contribution in [3.8, 4) is 11.5 Å². The summed E-state index contributed by atoms with van der Waals surface area (Å²) in [6.07, 6.45) is 0.310. The van der Waals surface area contributed by atoms with Crippen LogP contribution in [0.5, 0.6) is 11.5 Å². The van der Waals surface area contributed by atoms with Crippen LogP contribution in [0.1, 0.15) is 18.4 Å². The fourth-order valence-electron chi connectivity index (χ4n) is 2.37. The van der Waals surface area contributed by atoms with Crippen molar-refractivity contribution >= 4 is 0 Å². The summed E-state index contributed by atoms with van der Waals surface area (Å²) in [6, 6.07) is 2.80. The molecule has 0 aromatic heterocycles. The molecular formula is C12H16FNO3. The molecule has 2 rings (SSSR count). The Morgan fingerprint density at radius 3 is 2.47 bits per heavy atom. The standard InChI is InChI=1S/C12H16FNO3/c1-16-9-4-3-8(13)11(17-2)10(9)12(14)5-7(15)6-12/h3-4,7,15H,5-6,14H2,1-2H3. The van der Waals surface area contributed by atoms with E-state index in [1.54, 1.807) is 0 Å². The van der Waals surface area contributed by atoms with E-state index in [0.29, 0.717) is 24.2 Å². The van der Waals surface area contributed by atoms with Crippen LogP contribution in [0.3, 0.4) is 0 Å². The van der Waals surface area contributed by atoms with Crippen molar-refractivity contribution in [3.05, 3.63) is 23.5 Å². The Kier molecular flexibility index (Phi) is 2.97. The van der Waals surface area contributed by atoms with Gasteiger partial charge < -0.3 is 20.3 Å². The lowest BCUT2D eigenvalue weighted by atomic mass is 9.70. The zero-order valence-electron chi connectivity index (χ0n) is 9.87. The first-order chi connectivity index (χ1) is 8.01. The Balaban J connectivity index is 2.53. The van der Waals surface area contributed by atoms with Crippen molar-refractivity contribution in [2.24, 2.45) is 5.73 Å². The second-order valence-corrected chi connectivity index (χ2v) is 4.38. The molecule has 0 bridgehead atoms. The van der Waals surface area contributed by atoms with Crippen molar-refractivity contribution < 1.29 is 19.0 Å². The molecule has 1 aromatic carbocycles. The average molecular weight is 241 g/mol. The minimum absolute atomic E-state index is 0.0961. The number of halogens is 1. The fraction of sp³-hybridized carbons (Fsp3) is 0.500. The molecule has 94 valence electrons. The van der Waals surface area contributed by atoms with Gasteiger partial charge in [0.05, 0.1) is 31.4 Å². The zero-order valence-corrected chi connectivity index (χ0v) is 9.87. The summed E-state index contributed by atoms with van der Waals surface area (Å²) in [4.78, 5) is 0. The number of hydrogen-bond donors (Lipinski definition) is 2. The predicted octanol–water partition coefficient (Wildman–Crippen LogP) is 1.15. The minimum Gasteiger partial charge on any atom is -0.496 e. The first kappa shape index (κ1) is 12.1. The summed E-state index contributed by atoms with van der Waals surface area (Å²) < 4.78 is 23.9. The van der Waals surface area contributed by atoms with Gasteiger partial charge in [0.2, 0.25) is 0 Å². The summed E-state index contributed by atoms with van der Waals surface area (Å²) >= 11 is 0. The number of benzene rings is 1. The van der Waals surface area contributed by atoms with Crippen molar-refractivity contribution in [1.82, 2.24) is 0 Å². The monoisotopic (exact) mass is 241 g/mol. The molecule has 1 aliphatic rings. The number of hydrogen-bond acceptors (Lipinski definition) is 4. The van der Waals surface area contributed by atoms with Crippen LogP contribution in [-0.4, -0.2) is 25.4 Å². The molecule has 0 aliphatic heterocycles. The molecule has 1 fully saturated rings. The molecular weight excluding hydrogens is 225 g/mol. The third-order valence-corrected chi connectivity index (χ3v) is 3.19. The van der Waals surface area contributed by atoms with Gasteiger partial charge in [0.1, 0.15) is 5.75 Å². The summed E-state index contributed by atoms with van der Waals surface area (Å²) in [5, 5.41) is 9.39. The lowest BCUT2D eigenvalue weighted by molar-refractivity contribution is 0.0184. The average Bonchev–Trinajstić information content (AvgIpc) is 2.26. The molecule has 0 spiro atoms. The molecule has 1 saturated carbocycles. The van der Waals surface area contributed by atoms with Gasteiger partial charge in [-0.05, 0) is 25.0 Å². The van der Waals surface area contributed by atoms with Crippen LogP contribution in [0.4, 0.5) is 4.39 Å². The number of aliphatic hydroxyl groups is 1. The van der Waals surface area contributed by atoms with Gasteiger partial charge in [0.25, 0.3) is 0 Å². The van der Waals surface area contributed by atoms with Gasteiger partial charge in [-0.1, -0.05) is 0 Å². The van der Waals surface area contributed by atoms with Crippen LogP contribution >= 0.6 is 0 Å². The van der Waals surface area contributed by atoms with E-state index in [1.807, 2.05) is 0 Å². The van der Waals surface area contributed by atoms with Crippen LogP contribution in [0.2, 0.25) is 0 Å². The van der Waals surface area contributed by atoms with Gasteiger partial charge in [-0.2, -0.15) is 0 Å². The molecule has 0 unspecified atom stereocenters. The molecule has 0 saturated heterocycles. The highest BCUT2D eigenvalue weighted by atomic mass is 19.1. The quantitative estimate of drug-likeness (QED) is 0.833. The van der Waals surface area contributed by atoms with Gasteiger partial charge in [0.15, 0.2) is 11.6 Å². The lowest BCUT2D eigenvalue weighted by Gasteiger charge is -2.43. The second kappa shape index (κ2) is 4.16. The van der Waals surface area contributed by atoms with Gasteiger partial charge in [-0.3, -0.25) is 0 Å². The van der Waals surface area contributed by atoms with Gasteiger partial charge in [-0.15, -0.1) is 0 Å². The Morgan fingerprint density at radius 2 is 2.00 bits per heavy atom. The van der Waals surface area contributed by atoms with Crippen LogP contribution in [-0.2, 0) is 5.54 Å². The first-order valence-electron chi connectivity index (χ1n) is 5.39. The highest BCUT2D eigenvalue weighted by Crippen LogP contribution is 2.47. The van der Waals surface area contributed by atoms with Gasteiger partial charge >= 0.3 is 0 Å². The van der Waals surface area contributed by atoms with E-state index in [4.69, 9.17) is 15.2 Å². The molecule has 1 aliphatic carbocycles. The van der Waals surface area contributed by atoms with E-state index in [2.05, 4.69) is 0 Å². The summed E-state index contributed by atoms with van der Waals surface area (Å²) in [6.45, 7) is 0. The lowest BCUT2D eigenvalue weighted by Crippen LogP contribution is -2.52. The van der Waals surface area contributed by atoms with E-state index in [0.717, 1.165) is 0 Å². The molecule has 0 radical (unpaired) electrons. The Labute approximate surface area is 99.1 Å². The smallest absolute Gasteiger partial charge is 0.165 e. The normalized spacial score (nSPS) is 27.5. The topological polar surface area (TPSA) is 64.7 Å². The molecule has 1 aromatic rings. The number of nitrogens with two attached hydrogens (primary N) is 1. The maximum absolute atomic E-state index is 13.7. The third kappa shape index (κ3) is 1.85. The van der Waals surface area contributed by atoms with E-state index in [9.17, 15) is 9.50 Å². The Bertz CT molecular complexity index is 430. The van der Waals surface area contributed by atoms with Crippen molar-refractivity contribution in [1.29, 1.82) is 0 Å².